The minimum absolute atomic E-state index is 0.330. The Morgan fingerprint density at radius 2 is 2.00 bits per heavy atom. The predicted octanol–water partition coefficient (Wildman–Crippen LogP) is -0.142. The van der Waals surface area contributed by atoms with Crippen LogP contribution in [0, 0.1) is 5.92 Å². The van der Waals surface area contributed by atoms with Crippen LogP contribution in [0.4, 0.5) is 0 Å². The van der Waals surface area contributed by atoms with Gasteiger partial charge in [0.25, 0.3) is 0 Å². The molecule has 0 aromatic rings. The van der Waals surface area contributed by atoms with E-state index in [1.165, 1.54) is 19.3 Å². The molecule has 0 spiro atoms. The van der Waals surface area contributed by atoms with E-state index in [0.717, 1.165) is 13.1 Å². The molecule has 1 atom stereocenters. The van der Waals surface area contributed by atoms with Crippen molar-refractivity contribution in [2.24, 2.45) is 5.92 Å². The van der Waals surface area contributed by atoms with E-state index in [9.17, 15) is 9.90 Å². The first-order valence-corrected chi connectivity index (χ1v) is 4.63. The summed E-state index contributed by atoms with van der Waals surface area (Å²) in [5.41, 5.74) is 0. The number of rotatable bonds is 3. The molecule has 3 heteroatoms. The quantitative estimate of drug-likeness (QED) is 0.592. The normalized spacial score (nSPS) is 22.1. The summed E-state index contributed by atoms with van der Waals surface area (Å²) in [6.45, 7) is 4.47. The summed E-state index contributed by atoms with van der Waals surface area (Å²) in [6, 6.07) is 0. The minimum Gasteiger partial charge on any atom is -0.550 e. The van der Waals surface area contributed by atoms with Crippen molar-refractivity contribution in [3.8, 4) is 0 Å². The maximum Gasteiger partial charge on any atom is 0.0455 e. The van der Waals surface area contributed by atoms with Gasteiger partial charge >= 0.3 is 0 Å². The third-order valence-corrected chi connectivity index (χ3v) is 2.38. The Morgan fingerprint density at radius 1 is 1.42 bits per heavy atom. The molecule has 1 fully saturated rings. The molecule has 0 amide bonds. The van der Waals surface area contributed by atoms with Crippen molar-refractivity contribution in [1.29, 1.82) is 0 Å². The molecule has 1 heterocycles. The van der Waals surface area contributed by atoms with Crippen molar-refractivity contribution in [2.75, 3.05) is 19.6 Å². The Hall–Kier alpha value is -0.570. The van der Waals surface area contributed by atoms with E-state index >= 15 is 0 Å². The van der Waals surface area contributed by atoms with Gasteiger partial charge in [0, 0.05) is 18.4 Å². The second kappa shape index (κ2) is 4.45. The van der Waals surface area contributed by atoms with Crippen molar-refractivity contribution < 1.29 is 9.90 Å². The van der Waals surface area contributed by atoms with Gasteiger partial charge < -0.3 is 14.8 Å². The fraction of sp³-hybridized carbons (Fsp3) is 0.889. The van der Waals surface area contributed by atoms with E-state index in [4.69, 9.17) is 0 Å². The highest BCUT2D eigenvalue weighted by Crippen LogP contribution is 2.10. The van der Waals surface area contributed by atoms with E-state index < -0.39 is 5.97 Å². The van der Waals surface area contributed by atoms with Crippen molar-refractivity contribution in [3.05, 3.63) is 0 Å². The number of aliphatic carboxylic acids is 1. The van der Waals surface area contributed by atoms with Crippen LogP contribution in [0.25, 0.3) is 0 Å². The lowest BCUT2D eigenvalue weighted by atomic mass is 10.1. The highest BCUT2D eigenvalue weighted by molar-refractivity contribution is 5.67. The van der Waals surface area contributed by atoms with Gasteiger partial charge in [-0.05, 0) is 25.9 Å². The number of carbonyl (C=O) groups is 1. The molecule has 3 nitrogen and oxygen atoms in total. The fourth-order valence-corrected chi connectivity index (χ4v) is 1.60. The Morgan fingerprint density at radius 3 is 2.50 bits per heavy atom. The van der Waals surface area contributed by atoms with Gasteiger partial charge in [-0.15, -0.1) is 0 Å². The number of nitrogens with zero attached hydrogens (tertiary/aromatic N) is 1. The topological polar surface area (TPSA) is 43.4 Å². The number of carbonyl (C=O) groups excluding carboxylic acids is 1. The number of hydrogen-bond donors (Lipinski definition) is 0. The fourth-order valence-electron chi connectivity index (χ4n) is 1.60. The molecule has 70 valence electrons. The SMILES string of the molecule is CC(CN1CCCCC1)C(=O)[O-]. The van der Waals surface area contributed by atoms with Crippen LogP contribution in [0.3, 0.4) is 0 Å². The lowest BCUT2D eigenvalue weighted by Crippen LogP contribution is -2.40. The molecule has 0 aromatic carbocycles. The summed E-state index contributed by atoms with van der Waals surface area (Å²) >= 11 is 0. The van der Waals surface area contributed by atoms with Crippen molar-refractivity contribution in [2.45, 2.75) is 26.2 Å². The van der Waals surface area contributed by atoms with Crippen LogP contribution in [0.2, 0.25) is 0 Å². The zero-order valence-electron chi connectivity index (χ0n) is 7.58. The molecule has 1 aliphatic rings. The number of likely N-dealkylation sites (tertiary alicyclic amines) is 1. The van der Waals surface area contributed by atoms with Gasteiger partial charge in [0.05, 0.1) is 0 Å². The predicted molar refractivity (Wildman–Crippen MR) is 44.5 cm³/mol. The first kappa shape index (κ1) is 9.52. The Kier molecular flexibility index (Phi) is 3.53. The maximum absolute atomic E-state index is 10.4. The summed E-state index contributed by atoms with van der Waals surface area (Å²) in [5.74, 6) is -1.26. The standard InChI is InChI=1S/C9H17NO2/c1-8(9(11)12)7-10-5-3-2-4-6-10/h8H,2-7H2,1H3,(H,11,12)/p-1. The molecule has 12 heavy (non-hydrogen) atoms. The zero-order chi connectivity index (χ0) is 8.97. The molecule has 0 aliphatic carbocycles. The second-order valence-electron chi connectivity index (χ2n) is 3.58. The van der Waals surface area contributed by atoms with Crippen LogP contribution >= 0.6 is 0 Å². The lowest BCUT2D eigenvalue weighted by molar-refractivity contribution is -0.311. The Bertz CT molecular complexity index is 153. The smallest absolute Gasteiger partial charge is 0.0455 e. The highest BCUT2D eigenvalue weighted by Gasteiger charge is 2.13. The number of hydrogen-bond acceptors (Lipinski definition) is 3. The molecule has 1 saturated heterocycles. The molecule has 0 aromatic heterocycles. The molecular weight excluding hydrogens is 154 g/mol. The van der Waals surface area contributed by atoms with Gasteiger partial charge in [0.1, 0.15) is 0 Å². The third kappa shape index (κ3) is 2.81. The van der Waals surface area contributed by atoms with Crippen molar-refractivity contribution in [3.63, 3.8) is 0 Å². The van der Waals surface area contributed by atoms with Crippen molar-refractivity contribution in [1.82, 2.24) is 4.90 Å². The van der Waals surface area contributed by atoms with Gasteiger partial charge in [-0.3, -0.25) is 0 Å². The molecule has 0 radical (unpaired) electrons. The average Bonchev–Trinajstić information content (AvgIpc) is 2.06. The largest absolute Gasteiger partial charge is 0.550 e. The van der Waals surface area contributed by atoms with Gasteiger partial charge in [0.15, 0.2) is 0 Å². The molecular formula is C9H16NO2-. The van der Waals surface area contributed by atoms with Crippen LogP contribution in [-0.2, 0) is 4.79 Å². The molecule has 1 rings (SSSR count). The van der Waals surface area contributed by atoms with E-state index in [1.54, 1.807) is 6.92 Å². The number of carboxylic acid groups (broad SMARTS) is 1. The monoisotopic (exact) mass is 170 g/mol. The molecule has 0 bridgehead atoms. The maximum atomic E-state index is 10.4. The molecule has 0 saturated carbocycles. The molecule has 0 N–H and O–H groups in total. The van der Waals surface area contributed by atoms with Crippen LogP contribution in [0.15, 0.2) is 0 Å². The van der Waals surface area contributed by atoms with Gasteiger partial charge in [-0.1, -0.05) is 13.3 Å². The Labute approximate surface area is 73.4 Å². The molecule has 1 unspecified atom stereocenters. The second-order valence-corrected chi connectivity index (χ2v) is 3.58. The summed E-state index contributed by atoms with van der Waals surface area (Å²) in [6.07, 6.45) is 3.70. The summed E-state index contributed by atoms with van der Waals surface area (Å²) in [5, 5.41) is 10.4. The van der Waals surface area contributed by atoms with Crippen LogP contribution in [-0.4, -0.2) is 30.5 Å². The van der Waals surface area contributed by atoms with Crippen molar-refractivity contribution >= 4 is 5.97 Å². The summed E-state index contributed by atoms with van der Waals surface area (Å²) in [7, 11) is 0. The van der Waals surface area contributed by atoms with Crippen LogP contribution < -0.4 is 5.11 Å². The minimum atomic E-state index is -0.930. The Balaban J connectivity index is 2.24. The summed E-state index contributed by atoms with van der Waals surface area (Å²) < 4.78 is 0. The first-order chi connectivity index (χ1) is 5.70. The van der Waals surface area contributed by atoms with Gasteiger partial charge in [-0.25, -0.2) is 0 Å². The van der Waals surface area contributed by atoms with Gasteiger partial charge in [-0.2, -0.15) is 0 Å². The number of piperidine rings is 1. The zero-order valence-corrected chi connectivity index (χ0v) is 7.58. The van der Waals surface area contributed by atoms with E-state index in [2.05, 4.69) is 4.90 Å². The van der Waals surface area contributed by atoms with E-state index in [-0.39, 0.29) is 5.92 Å². The van der Waals surface area contributed by atoms with E-state index in [0.29, 0.717) is 6.54 Å². The average molecular weight is 170 g/mol. The highest BCUT2D eigenvalue weighted by atomic mass is 16.4. The first-order valence-electron chi connectivity index (χ1n) is 4.63. The lowest BCUT2D eigenvalue weighted by Gasteiger charge is -2.29. The number of carboxylic acids is 1. The van der Waals surface area contributed by atoms with Gasteiger partial charge in [0.2, 0.25) is 0 Å². The van der Waals surface area contributed by atoms with Crippen LogP contribution in [0.5, 0.6) is 0 Å². The van der Waals surface area contributed by atoms with E-state index in [1.807, 2.05) is 0 Å². The summed E-state index contributed by atoms with van der Waals surface area (Å²) in [4.78, 5) is 12.6. The third-order valence-electron chi connectivity index (χ3n) is 2.38. The molecule has 1 aliphatic heterocycles. The van der Waals surface area contributed by atoms with Crippen LogP contribution in [0.1, 0.15) is 26.2 Å².